The monoisotopic (exact) mass is 295 g/mol. The molecule has 1 aromatic rings. The lowest BCUT2D eigenvalue weighted by atomic mass is 10.1. The van der Waals surface area contributed by atoms with Crippen LogP contribution in [0.1, 0.15) is 26.3 Å². The van der Waals surface area contributed by atoms with E-state index in [1.54, 1.807) is 0 Å². The number of hydrogen-bond donors (Lipinski definition) is 1. The number of rotatable bonds is 9. The summed E-state index contributed by atoms with van der Waals surface area (Å²) in [5.74, 6) is 1.40. The molecule has 0 aliphatic heterocycles. The van der Waals surface area contributed by atoms with E-state index in [2.05, 4.69) is 23.9 Å². The summed E-state index contributed by atoms with van der Waals surface area (Å²) < 4.78 is 15.8. The molecular formula is C16H25NO4. The zero-order valence-corrected chi connectivity index (χ0v) is 13.3. The van der Waals surface area contributed by atoms with Gasteiger partial charge in [-0.25, -0.2) is 4.79 Å². The summed E-state index contributed by atoms with van der Waals surface area (Å²) >= 11 is 0. The number of benzene rings is 1. The zero-order valence-electron chi connectivity index (χ0n) is 13.3. The van der Waals surface area contributed by atoms with Gasteiger partial charge in [-0.05, 0) is 25.5 Å². The molecule has 118 valence electrons. The summed E-state index contributed by atoms with van der Waals surface area (Å²) in [6, 6.07) is 5.72. The quantitative estimate of drug-likeness (QED) is 0.709. The Morgan fingerprint density at radius 2 is 2.05 bits per heavy atom. The molecule has 0 heterocycles. The van der Waals surface area contributed by atoms with Crippen LogP contribution in [0.25, 0.3) is 0 Å². The number of hydrogen-bond acceptors (Lipinski definition) is 5. The van der Waals surface area contributed by atoms with E-state index in [9.17, 15) is 4.79 Å². The average Bonchev–Trinajstić information content (AvgIpc) is 2.46. The van der Waals surface area contributed by atoms with Gasteiger partial charge in [0.2, 0.25) is 0 Å². The van der Waals surface area contributed by atoms with Gasteiger partial charge in [0, 0.05) is 12.1 Å². The van der Waals surface area contributed by atoms with Crippen LogP contribution in [0.4, 0.5) is 0 Å². The van der Waals surface area contributed by atoms with Gasteiger partial charge >= 0.3 is 5.97 Å². The van der Waals surface area contributed by atoms with E-state index in [0.717, 1.165) is 12.1 Å². The van der Waals surface area contributed by atoms with Crippen LogP contribution in [0.15, 0.2) is 18.2 Å². The molecule has 0 unspecified atom stereocenters. The molecule has 0 atom stereocenters. The van der Waals surface area contributed by atoms with Gasteiger partial charge in [0.15, 0.2) is 18.1 Å². The standard InChI is InChI=1S/C16H25NO4/c1-5-20-14-8-6-7-13(10-17-9-12(2)3)16(14)21-11-15(18)19-4/h6-8,12,17H,5,9-11H2,1-4H3. The van der Waals surface area contributed by atoms with E-state index in [0.29, 0.717) is 30.6 Å². The summed E-state index contributed by atoms with van der Waals surface area (Å²) in [5.41, 5.74) is 0.963. The van der Waals surface area contributed by atoms with Crippen molar-refractivity contribution in [2.24, 2.45) is 5.92 Å². The molecule has 0 aromatic heterocycles. The summed E-state index contributed by atoms with van der Waals surface area (Å²) in [7, 11) is 1.34. The third-order valence-corrected chi connectivity index (χ3v) is 2.79. The Labute approximate surface area is 126 Å². The molecule has 5 heteroatoms. The van der Waals surface area contributed by atoms with Crippen molar-refractivity contribution < 1.29 is 19.0 Å². The van der Waals surface area contributed by atoms with Crippen LogP contribution in [-0.2, 0) is 16.1 Å². The highest BCUT2D eigenvalue weighted by atomic mass is 16.6. The van der Waals surface area contributed by atoms with E-state index < -0.39 is 5.97 Å². The average molecular weight is 295 g/mol. The van der Waals surface area contributed by atoms with Crippen LogP contribution in [0.2, 0.25) is 0 Å². The van der Waals surface area contributed by atoms with Gasteiger partial charge in [0.1, 0.15) is 0 Å². The highest BCUT2D eigenvalue weighted by Gasteiger charge is 2.13. The van der Waals surface area contributed by atoms with Crippen molar-refractivity contribution in [3.63, 3.8) is 0 Å². The Morgan fingerprint density at radius 3 is 2.67 bits per heavy atom. The molecule has 0 aliphatic carbocycles. The minimum Gasteiger partial charge on any atom is -0.490 e. The normalized spacial score (nSPS) is 10.5. The Morgan fingerprint density at radius 1 is 1.29 bits per heavy atom. The second-order valence-corrected chi connectivity index (χ2v) is 5.07. The fourth-order valence-corrected chi connectivity index (χ4v) is 1.82. The molecule has 1 N–H and O–H groups in total. The maximum atomic E-state index is 11.3. The van der Waals surface area contributed by atoms with Crippen LogP contribution in [0.3, 0.4) is 0 Å². The fourth-order valence-electron chi connectivity index (χ4n) is 1.82. The second kappa shape index (κ2) is 9.23. The van der Waals surface area contributed by atoms with Crippen LogP contribution < -0.4 is 14.8 Å². The Balaban J connectivity index is 2.83. The van der Waals surface area contributed by atoms with E-state index in [-0.39, 0.29) is 6.61 Å². The van der Waals surface area contributed by atoms with Crippen molar-refractivity contribution in [3.05, 3.63) is 23.8 Å². The summed E-state index contributed by atoms with van der Waals surface area (Å²) in [5, 5.41) is 3.36. The van der Waals surface area contributed by atoms with Crippen molar-refractivity contribution in [1.82, 2.24) is 5.32 Å². The fraction of sp³-hybridized carbons (Fsp3) is 0.562. The van der Waals surface area contributed by atoms with Gasteiger partial charge in [0.25, 0.3) is 0 Å². The Bertz CT molecular complexity index is 446. The molecular weight excluding hydrogens is 270 g/mol. The lowest BCUT2D eigenvalue weighted by Gasteiger charge is -2.16. The van der Waals surface area contributed by atoms with Crippen LogP contribution >= 0.6 is 0 Å². The van der Waals surface area contributed by atoms with Gasteiger partial charge < -0.3 is 19.5 Å². The van der Waals surface area contributed by atoms with Crippen molar-refractivity contribution in [3.8, 4) is 11.5 Å². The van der Waals surface area contributed by atoms with Gasteiger partial charge in [0.05, 0.1) is 13.7 Å². The first-order chi connectivity index (χ1) is 10.1. The van der Waals surface area contributed by atoms with E-state index in [1.807, 2.05) is 25.1 Å². The summed E-state index contributed by atoms with van der Waals surface area (Å²) in [4.78, 5) is 11.3. The first-order valence-corrected chi connectivity index (χ1v) is 7.23. The van der Waals surface area contributed by atoms with Crippen LogP contribution in [0.5, 0.6) is 11.5 Å². The maximum Gasteiger partial charge on any atom is 0.343 e. The van der Waals surface area contributed by atoms with Crippen molar-refractivity contribution >= 4 is 5.97 Å². The number of nitrogens with one attached hydrogen (secondary N) is 1. The Kier molecular flexibility index (Phi) is 7.61. The van der Waals surface area contributed by atoms with Crippen LogP contribution in [0, 0.1) is 5.92 Å². The smallest absolute Gasteiger partial charge is 0.343 e. The van der Waals surface area contributed by atoms with E-state index in [1.165, 1.54) is 7.11 Å². The molecule has 21 heavy (non-hydrogen) atoms. The minimum atomic E-state index is -0.414. The van der Waals surface area contributed by atoms with Crippen molar-refractivity contribution in [2.75, 3.05) is 26.9 Å². The van der Waals surface area contributed by atoms with Gasteiger partial charge in [-0.2, -0.15) is 0 Å². The lowest BCUT2D eigenvalue weighted by Crippen LogP contribution is -2.20. The molecule has 5 nitrogen and oxygen atoms in total. The van der Waals surface area contributed by atoms with Crippen molar-refractivity contribution in [1.29, 1.82) is 0 Å². The summed E-state index contributed by atoms with van der Waals surface area (Å²) in [6.45, 7) is 8.20. The zero-order chi connectivity index (χ0) is 15.7. The number of esters is 1. The van der Waals surface area contributed by atoms with Gasteiger partial charge in [-0.1, -0.05) is 26.0 Å². The number of carbonyl (C=O) groups excluding carboxylic acids is 1. The Hall–Kier alpha value is -1.75. The molecule has 1 aromatic carbocycles. The second-order valence-electron chi connectivity index (χ2n) is 5.07. The molecule has 0 amide bonds. The molecule has 0 saturated carbocycles. The molecule has 0 radical (unpaired) electrons. The third kappa shape index (κ3) is 6.04. The molecule has 0 bridgehead atoms. The molecule has 1 rings (SSSR count). The number of para-hydroxylation sites is 1. The molecule has 0 saturated heterocycles. The summed E-state index contributed by atoms with van der Waals surface area (Å²) in [6.07, 6.45) is 0. The number of carbonyl (C=O) groups is 1. The first-order valence-electron chi connectivity index (χ1n) is 7.23. The van der Waals surface area contributed by atoms with Gasteiger partial charge in [-0.15, -0.1) is 0 Å². The van der Waals surface area contributed by atoms with E-state index >= 15 is 0 Å². The number of ether oxygens (including phenoxy) is 3. The number of methoxy groups -OCH3 is 1. The third-order valence-electron chi connectivity index (χ3n) is 2.79. The minimum absolute atomic E-state index is 0.127. The van der Waals surface area contributed by atoms with Crippen LogP contribution in [-0.4, -0.2) is 32.8 Å². The molecule has 0 fully saturated rings. The molecule has 0 spiro atoms. The van der Waals surface area contributed by atoms with Crippen molar-refractivity contribution in [2.45, 2.75) is 27.3 Å². The maximum absolute atomic E-state index is 11.3. The SMILES string of the molecule is CCOc1cccc(CNCC(C)C)c1OCC(=O)OC. The highest BCUT2D eigenvalue weighted by Crippen LogP contribution is 2.31. The predicted molar refractivity (Wildman–Crippen MR) is 81.7 cm³/mol. The predicted octanol–water partition coefficient (Wildman–Crippen LogP) is 2.38. The largest absolute Gasteiger partial charge is 0.490 e. The first kappa shape index (κ1) is 17.3. The lowest BCUT2D eigenvalue weighted by molar-refractivity contribution is -0.142. The van der Waals surface area contributed by atoms with E-state index in [4.69, 9.17) is 9.47 Å². The molecule has 0 aliphatic rings. The highest BCUT2D eigenvalue weighted by molar-refractivity contribution is 5.71. The van der Waals surface area contributed by atoms with Gasteiger partial charge in [-0.3, -0.25) is 0 Å². The topological polar surface area (TPSA) is 56.8 Å².